The van der Waals surface area contributed by atoms with Gasteiger partial charge in [-0.2, -0.15) is 5.26 Å². The number of nitriles is 1. The van der Waals surface area contributed by atoms with Gasteiger partial charge in [0.05, 0.1) is 0 Å². The second kappa shape index (κ2) is 8.43. The van der Waals surface area contributed by atoms with Gasteiger partial charge in [-0.3, -0.25) is 4.57 Å². The fraction of sp³-hybridized carbons (Fsp3) is 0.583. The maximum atomic E-state index is 11.0. The summed E-state index contributed by atoms with van der Waals surface area (Å²) < 4.78 is 7.02. The predicted octanol–water partition coefficient (Wildman–Crippen LogP) is -0.557. The number of imidazole rings is 1. The summed E-state index contributed by atoms with van der Waals surface area (Å²) in [5.74, 6) is -1.33. The Morgan fingerprint density at radius 2 is 2.25 bits per heavy atom. The first kappa shape index (κ1) is 20.0. The van der Waals surface area contributed by atoms with Crippen LogP contribution in [0.2, 0.25) is 25.7 Å². The largest absolute Gasteiger partial charge is 1.00 e. The molecule has 1 rings (SSSR count). The zero-order chi connectivity index (χ0) is 14.6. The number of carbonyl (C=O) groups is 1. The number of ether oxygens (including phenoxy) is 1. The van der Waals surface area contributed by atoms with Gasteiger partial charge in [0.2, 0.25) is 5.82 Å². The van der Waals surface area contributed by atoms with E-state index in [1.165, 1.54) is 10.8 Å². The molecule has 0 saturated carbocycles. The minimum Gasteiger partial charge on any atom is -1.00 e. The van der Waals surface area contributed by atoms with Crippen LogP contribution in [0.1, 0.15) is 30.9 Å². The Morgan fingerprint density at radius 3 is 2.70 bits per heavy atom. The van der Waals surface area contributed by atoms with E-state index in [-0.39, 0.29) is 64.3 Å². The third kappa shape index (κ3) is 6.17. The van der Waals surface area contributed by atoms with Gasteiger partial charge in [-0.1, -0.05) is 19.6 Å². The summed E-state index contributed by atoms with van der Waals surface area (Å²) in [5, 5.41) is 17.8. The molecule has 0 amide bonds. The van der Waals surface area contributed by atoms with Crippen molar-refractivity contribution in [3.05, 3.63) is 17.7 Å². The summed E-state index contributed by atoms with van der Waals surface area (Å²) in [6.07, 6.45) is 0.958. The van der Waals surface area contributed by atoms with E-state index in [2.05, 4.69) is 24.6 Å². The van der Waals surface area contributed by atoms with Crippen LogP contribution in [0.25, 0.3) is 0 Å². The second-order valence-electron chi connectivity index (χ2n) is 5.55. The number of aromatic carboxylic acids is 1. The Labute approximate surface area is 164 Å². The number of nitrogens with zero attached hydrogens (tertiary/aromatic N) is 3. The van der Waals surface area contributed by atoms with Gasteiger partial charge in [0.15, 0.2) is 5.69 Å². The van der Waals surface area contributed by atoms with Crippen LogP contribution >= 0.6 is 0 Å². The molecule has 0 aromatic carbocycles. The summed E-state index contributed by atoms with van der Waals surface area (Å²) in [4.78, 5) is 14.8. The molecule has 106 valence electrons. The van der Waals surface area contributed by atoms with Crippen molar-refractivity contribution >= 4 is 14.0 Å². The summed E-state index contributed by atoms with van der Waals surface area (Å²) in [6, 6.07) is 2.83. The first-order valence-electron chi connectivity index (χ1n) is 6.08. The molecule has 0 aliphatic rings. The van der Waals surface area contributed by atoms with Crippen molar-refractivity contribution in [1.82, 2.24) is 9.55 Å². The Balaban J connectivity index is 0. The fourth-order valence-corrected chi connectivity index (χ4v) is 2.23. The van der Waals surface area contributed by atoms with Crippen LogP contribution in [0.4, 0.5) is 0 Å². The molecule has 0 aliphatic heterocycles. The molecule has 0 saturated heterocycles. The van der Waals surface area contributed by atoms with Crippen LogP contribution in [0, 0.1) is 11.3 Å². The van der Waals surface area contributed by atoms with Crippen LogP contribution < -0.4 is 51.4 Å². The third-order valence-electron chi connectivity index (χ3n) is 2.64. The summed E-state index contributed by atoms with van der Waals surface area (Å²) in [7, 11) is -1.18. The zero-order valence-corrected chi connectivity index (χ0v) is 16.8. The Bertz CT molecular complexity index is 511. The molecule has 0 bridgehead atoms. The summed E-state index contributed by atoms with van der Waals surface area (Å²) in [6.45, 7) is 9.06. The van der Waals surface area contributed by atoms with Gasteiger partial charge in [-0.15, -0.1) is 0 Å². The van der Waals surface area contributed by atoms with E-state index >= 15 is 0 Å². The number of carboxylic acid groups (broad SMARTS) is 1. The molecule has 1 aromatic heterocycles. The molecule has 0 spiro atoms. The van der Waals surface area contributed by atoms with Crippen LogP contribution in [0.15, 0.2) is 6.20 Å². The Kier molecular flexibility index (Phi) is 8.42. The van der Waals surface area contributed by atoms with Gasteiger partial charge in [0.1, 0.15) is 12.3 Å². The van der Waals surface area contributed by atoms with Crippen molar-refractivity contribution in [2.75, 3.05) is 6.61 Å². The molecule has 1 N–H and O–H groups in total. The average Bonchev–Trinajstić information content (AvgIpc) is 2.71. The Hall–Kier alpha value is -0.0168. The second-order valence-corrected chi connectivity index (χ2v) is 11.2. The molecular weight excluding hydrogens is 301 g/mol. The normalized spacial score (nSPS) is 12.3. The van der Waals surface area contributed by atoms with Gasteiger partial charge in [0.25, 0.3) is 0 Å². The molecule has 1 atom stereocenters. The number of rotatable bonds is 6. The monoisotopic (exact) mass is 321 g/mol. The third-order valence-corrected chi connectivity index (χ3v) is 4.35. The summed E-state index contributed by atoms with van der Waals surface area (Å²) in [5.41, 5.74) is 0.0815. The topological polar surface area (TPSA) is 88.1 Å². The standard InChI is InChI=1S/C12H19N3O3Si.K.H/c1-9(18-5-6-19(2,3)4)15-8-10(7-13)14-11(15)12(16)17;;/h8-9H,5-6H2,1-4H3,(H,16,17);;/q;+1;-1. The van der Waals surface area contributed by atoms with E-state index in [4.69, 9.17) is 15.1 Å². The van der Waals surface area contributed by atoms with E-state index in [0.717, 1.165) is 6.04 Å². The van der Waals surface area contributed by atoms with Crippen molar-refractivity contribution in [2.24, 2.45) is 0 Å². The van der Waals surface area contributed by atoms with E-state index in [1.807, 2.05) is 6.07 Å². The van der Waals surface area contributed by atoms with Crippen molar-refractivity contribution < 1.29 is 67.4 Å². The molecule has 0 aliphatic carbocycles. The van der Waals surface area contributed by atoms with Crippen LogP contribution in [-0.4, -0.2) is 35.3 Å². The maximum Gasteiger partial charge on any atom is 1.00 e. The molecule has 0 fully saturated rings. The van der Waals surface area contributed by atoms with Gasteiger partial charge < -0.3 is 11.3 Å². The van der Waals surface area contributed by atoms with Gasteiger partial charge in [-0.25, -0.2) is 9.78 Å². The zero-order valence-electron chi connectivity index (χ0n) is 13.7. The predicted molar refractivity (Wildman–Crippen MR) is 73.8 cm³/mol. The van der Waals surface area contributed by atoms with Crippen LogP contribution in [-0.2, 0) is 4.74 Å². The number of carboxylic acids is 1. The fourth-order valence-electron chi connectivity index (χ4n) is 1.50. The van der Waals surface area contributed by atoms with Crippen LogP contribution in [0.5, 0.6) is 0 Å². The van der Waals surface area contributed by atoms with Crippen LogP contribution in [0.3, 0.4) is 0 Å². The van der Waals surface area contributed by atoms with E-state index in [1.54, 1.807) is 6.92 Å². The number of aromatic nitrogens is 2. The first-order chi connectivity index (χ1) is 8.74. The van der Waals surface area contributed by atoms with Gasteiger partial charge in [0, 0.05) is 20.9 Å². The summed E-state index contributed by atoms with van der Waals surface area (Å²) >= 11 is 0. The van der Waals surface area contributed by atoms with Gasteiger partial charge >= 0.3 is 57.4 Å². The SMILES string of the molecule is CC(OCC[Si](C)(C)C)n1cc(C#N)nc1C(=O)O.[H-].[K+]. The van der Waals surface area contributed by atoms with Crippen molar-refractivity contribution in [2.45, 2.75) is 38.8 Å². The molecule has 1 unspecified atom stereocenters. The molecular formula is C12H20KN3O3Si. The molecule has 8 heteroatoms. The minimum atomic E-state index is -1.18. The van der Waals surface area contributed by atoms with E-state index in [0.29, 0.717) is 6.61 Å². The average molecular weight is 321 g/mol. The molecule has 6 nitrogen and oxygen atoms in total. The Morgan fingerprint density at radius 1 is 1.65 bits per heavy atom. The van der Waals surface area contributed by atoms with Crippen molar-refractivity contribution in [3.8, 4) is 6.07 Å². The molecule has 0 radical (unpaired) electrons. The number of hydrogen-bond acceptors (Lipinski definition) is 4. The van der Waals surface area contributed by atoms with Gasteiger partial charge in [-0.05, 0) is 13.0 Å². The van der Waals surface area contributed by atoms with Crippen molar-refractivity contribution in [1.29, 1.82) is 5.26 Å². The van der Waals surface area contributed by atoms with Crippen molar-refractivity contribution in [3.63, 3.8) is 0 Å². The van der Waals surface area contributed by atoms with E-state index < -0.39 is 20.3 Å². The quantitative estimate of drug-likeness (QED) is 0.710. The smallest absolute Gasteiger partial charge is 1.00 e. The minimum absolute atomic E-state index is 0. The molecule has 20 heavy (non-hydrogen) atoms. The maximum absolute atomic E-state index is 11.0. The molecule has 1 heterocycles. The van der Waals surface area contributed by atoms with E-state index in [9.17, 15) is 4.79 Å². The molecule has 1 aromatic rings. The number of hydrogen-bond donors (Lipinski definition) is 1. The first-order valence-corrected chi connectivity index (χ1v) is 9.79.